The van der Waals surface area contributed by atoms with Gasteiger partial charge in [-0.2, -0.15) is 0 Å². The van der Waals surface area contributed by atoms with E-state index in [0.717, 1.165) is 25.7 Å². The van der Waals surface area contributed by atoms with E-state index in [4.69, 9.17) is 0 Å². The number of allylic oxidation sites excluding steroid dienone is 4. The van der Waals surface area contributed by atoms with Gasteiger partial charge in [-0.15, -0.1) is 23.7 Å². The number of rotatable bonds is 0. The van der Waals surface area contributed by atoms with Gasteiger partial charge in [-0.1, -0.05) is 0 Å². The van der Waals surface area contributed by atoms with Crippen LogP contribution in [0.1, 0.15) is 77.0 Å². The molecule has 0 aliphatic heterocycles. The summed E-state index contributed by atoms with van der Waals surface area (Å²) in [5, 5.41) is 0. The van der Waals surface area contributed by atoms with E-state index in [0.29, 0.717) is 0 Å². The van der Waals surface area contributed by atoms with Gasteiger partial charge in [0.2, 0.25) is 0 Å². The van der Waals surface area contributed by atoms with Crippen LogP contribution in [0.15, 0.2) is 22.3 Å². The van der Waals surface area contributed by atoms with E-state index in [1.165, 1.54) is 51.4 Å². The number of hydrogen-bond donors (Lipinski definition) is 0. The molecule has 1 saturated carbocycles. The molecule has 0 aromatic rings. The van der Waals surface area contributed by atoms with Gasteiger partial charge in [0.05, 0.1) is 0 Å². The maximum absolute atomic E-state index is 3.32. The fourth-order valence-corrected chi connectivity index (χ4v) is 3.96. The molecule has 0 heterocycles. The molecule has 0 spiro atoms. The van der Waals surface area contributed by atoms with E-state index in [2.05, 4.69) is 23.7 Å². The van der Waals surface area contributed by atoms with Gasteiger partial charge in [-0.25, -0.2) is 0 Å². The second-order valence-electron chi connectivity index (χ2n) is 7.00. The molecule has 0 N–H and O–H groups in total. The first kappa shape index (κ1) is 21.4. The third kappa shape index (κ3) is 6.37. The first-order valence-electron chi connectivity index (χ1n) is 10.00. The molecule has 0 atom stereocenters. The van der Waals surface area contributed by atoms with Crippen LogP contribution in [0.25, 0.3) is 0 Å². The zero-order chi connectivity index (χ0) is 17.2. The molecule has 0 amide bonds. The summed E-state index contributed by atoms with van der Waals surface area (Å²) in [5.74, 6) is 13.3. The molecule has 4 aliphatic rings. The molecule has 0 aromatic carbocycles. The Bertz CT molecular complexity index is 508. The van der Waals surface area contributed by atoms with Crippen LogP contribution in [0.4, 0.5) is 0 Å². The fraction of sp³-hybridized carbons (Fsp3) is 0.480. The van der Waals surface area contributed by atoms with Crippen LogP contribution in [0.5, 0.6) is 0 Å². The van der Waals surface area contributed by atoms with Gasteiger partial charge in [-0.05, 0) is 106 Å². The Hall–Kier alpha value is -0.894. The molecule has 0 unspecified atom stereocenters. The van der Waals surface area contributed by atoms with E-state index < -0.39 is 0 Å². The molecule has 0 nitrogen and oxygen atoms in total. The van der Waals surface area contributed by atoms with E-state index in [9.17, 15) is 0 Å². The first-order chi connectivity index (χ1) is 12.5. The van der Waals surface area contributed by atoms with E-state index in [1.807, 2.05) is 32.1 Å². The Morgan fingerprint density at radius 2 is 0.654 bits per heavy atom. The van der Waals surface area contributed by atoms with Gasteiger partial charge in [-0.3, -0.25) is 0 Å². The van der Waals surface area contributed by atoms with Crippen molar-refractivity contribution in [3.63, 3.8) is 0 Å². The normalized spacial score (nSPS) is 22.5. The summed E-state index contributed by atoms with van der Waals surface area (Å²) in [7, 11) is 0. The van der Waals surface area contributed by atoms with Crippen molar-refractivity contribution in [3.8, 4) is 23.7 Å². The second-order valence-corrected chi connectivity index (χ2v) is 7.00. The molecule has 0 saturated heterocycles. The largest absolute Gasteiger partial charge is 0.103 e. The molecule has 4 aliphatic carbocycles. The van der Waals surface area contributed by atoms with Crippen LogP contribution in [-0.4, -0.2) is 0 Å². The topological polar surface area (TPSA) is 0 Å². The molecule has 26 heavy (non-hydrogen) atoms. The summed E-state index contributed by atoms with van der Waals surface area (Å²) in [6, 6.07) is 0. The van der Waals surface area contributed by atoms with Crippen molar-refractivity contribution in [2.75, 3.05) is 0 Å². The molecule has 1 heteroatoms. The van der Waals surface area contributed by atoms with Crippen molar-refractivity contribution in [2.45, 2.75) is 77.0 Å². The van der Waals surface area contributed by atoms with Crippen molar-refractivity contribution in [2.24, 2.45) is 0 Å². The van der Waals surface area contributed by atoms with Gasteiger partial charge in [0.15, 0.2) is 0 Å². The van der Waals surface area contributed by atoms with Gasteiger partial charge in [0.25, 0.3) is 0 Å². The predicted molar refractivity (Wildman–Crippen MR) is 107 cm³/mol. The summed E-state index contributed by atoms with van der Waals surface area (Å²) in [5.41, 5.74) is 6.93. The summed E-state index contributed by atoms with van der Waals surface area (Å²) in [6.07, 6.45) is 24.5. The van der Waals surface area contributed by atoms with Crippen LogP contribution in [0, 0.1) is 55.8 Å². The molecule has 4 rings (SSSR count). The molecule has 138 valence electrons. The maximum Gasteiger partial charge on any atom is 0.00918 e. The molecule has 0 aromatic heterocycles. The molecule has 6 radical (unpaired) electrons. The third-order valence-electron chi connectivity index (χ3n) is 5.18. The predicted octanol–water partition coefficient (Wildman–Crippen LogP) is 6.33. The average Bonchev–Trinajstić information content (AvgIpc) is 3.22. The second kappa shape index (κ2) is 12.5. The van der Waals surface area contributed by atoms with E-state index in [-0.39, 0.29) is 16.8 Å². The Balaban J connectivity index is 0.000000351. The molecule has 1 fully saturated rings. The standard InChI is InChI=1S/C20H24.C5H5.Co/c1-2-6-10-14-18-17(13-9-5-1)19-15-11-7-3-4-8-12-16-20(18)19;1-2-4-5-3-1;/h5-16H2;1-5H;. The molecular formula is C25H29Co. The van der Waals surface area contributed by atoms with Crippen molar-refractivity contribution >= 4 is 0 Å². The SMILES string of the molecule is C1#CCCCC2=C(CCC1)C1=C2CCCC#CCCC1.[CH]1[CH][CH][CH][CH]1.[Co]. The maximum atomic E-state index is 3.32. The summed E-state index contributed by atoms with van der Waals surface area (Å²) in [6.45, 7) is 0. The zero-order valence-electron chi connectivity index (χ0n) is 15.7. The summed E-state index contributed by atoms with van der Waals surface area (Å²) >= 11 is 0. The van der Waals surface area contributed by atoms with E-state index >= 15 is 0 Å². The van der Waals surface area contributed by atoms with Crippen LogP contribution in [0.3, 0.4) is 0 Å². The summed E-state index contributed by atoms with van der Waals surface area (Å²) in [4.78, 5) is 0. The monoisotopic (exact) mass is 388 g/mol. The van der Waals surface area contributed by atoms with Crippen LogP contribution in [0.2, 0.25) is 0 Å². The van der Waals surface area contributed by atoms with Crippen LogP contribution >= 0.6 is 0 Å². The van der Waals surface area contributed by atoms with Gasteiger partial charge >= 0.3 is 0 Å². The molecule has 0 bridgehead atoms. The Labute approximate surface area is 171 Å². The first-order valence-corrected chi connectivity index (χ1v) is 10.00. The Kier molecular flexibility index (Phi) is 10.3. The smallest absolute Gasteiger partial charge is 0.00918 e. The van der Waals surface area contributed by atoms with E-state index in [1.54, 1.807) is 22.3 Å². The Morgan fingerprint density at radius 1 is 0.423 bits per heavy atom. The minimum Gasteiger partial charge on any atom is -0.103 e. The van der Waals surface area contributed by atoms with Gasteiger partial charge < -0.3 is 0 Å². The van der Waals surface area contributed by atoms with Crippen molar-refractivity contribution in [1.29, 1.82) is 0 Å². The number of hydrogen-bond acceptors (Lipinski definition) is 0. The number of fused-ring (bicyclic) bond motifs is 2. The van der Waals surface area contributed by atoms with Gasteiger partial charge in [0.1, 0.15) is 0 Å². The average molecular weight is 388 g/mol. The fourth-order valence-electron chi connectivity index (χ4n) is 3.96. The minimum absolute atomic E-state index is 0. The summed E-state index contributed by atoms with van der Waals surface area (Å²) < 4.78 is 0. The van der Waals surface area contributed by atoms with Crippen LogP contribution in [-0.2, 0) is 16.8 Å². The molecular weight excluding hydrogens is 359 g/mol. The van der Waals surface area contributed by atoms with Crippen molar-refractivity contribution < 1.29 is 16.8 Å². The minimum atomic E-state index is 0. The zero-order valence-corrected chi connectivity index (χ0v) is 16.7. The quantitative estimate of drug-likeness (QED) is 0.426. The Morgan fingerprint density at radius 3 is 0.885 bits per heavy atom. The van der Waals surface area contributed by atoms with Crippen molar-refractivity contribution in [3.05, 3.63) is 54.4 Å². The van der Waals surface area contributed by atoms with Gasteiger partial charge in [0, 0.05) is 42.5 Å². The van der Waals surface area contributed by atoms with Crippen LogP contribution < -0.4 is 0 Å². The third-order valence-corrected chi connectivity index (χ3v) is 5.18. The van der Waals surface area contributed by atoms with Crippen molar-refractivity contribution in [1.82, 2.24) is 0 Å².